The summed E-state index contributed by atoms with van der Waals surface area (Å²) in [7, 11) is 0. The molecule has 3 rings (SSSR count). The summed E-state index contributed by atoms with van der Waals surface area (Å²) in [4.78, 5) is 10.5. The number of hydrogen-bond donors (Lipinski definition) is 1. The van der Waals surface area contributed by atoms with Gasteiger partial charge in [0.05, 0.1) is 11.4 Å². The minimum atomic E-state index is 0.756. The van der Waals surface area contributed by atoms with E-state index in [1.54, 1.807) is 6.33 Å². The molecule has 1 aromatic heterocycles. The van der Waals surface area contributed by atoms with Crippen LogP contribution in [-0.2, 0) is 6.54 Å². The molecule has 98 valence electrons. The molecule has 1 saturated heterocycles. The summed E-state index contributed by atoms with van der Waals surface area (Å²) in [5.41, 5.74) is 3.59. The van der Waals surface area contributed by atoms with E-state index in [1.807, 2.05) is 12.4 Å². The predicted molar refractivity (Wildman–Crippen MR) is 77.2 cm³/mol. The van der Waals surface area contributed by atoms with Crippen LogP contribution in [-0.4, -0.2) is 23.1 Å². The summed E-state index contributed by atoms with van der Waals surface area (Å²) < 4.78 is 0. The minimum absolute atomic E-state index is 0.756. The fourth-order valence-corrected chi connectivity index (χ4v) is 2.48. The van der Waals surface area contributed by atoms with Gasteiger partial charge in [-0.2, -0.15) is 0 Å². The molecule has 0 spiro atoms. The van der Waals surface area contributed by atoms with Crippen LogP contribution >= 0.6 is 0 Å². The number of para-hydroxylation sites is 2. The van der Waals surface area contributed by atoms with Gasteiger partial charge >= 0.3 is 0 Å². The largest absolute Gasteiger partial charge is 0.379 e. The molecule has 0 atom stereocenters. The molecule has 0 saturated carbocycles. The molecule has 4 nitrogen and oxygen atoms in total. The lowest BCUT2D eigenvalue weighted by Gasteiger charge is -2.21. The Labute approximate surface area is 113 Å². The molecule has 0 aliphatic carbocycles. The summed E-state index contributed by atoms with van der Waals surface area (Å²) in [6, 6.07) is 8.50. The monoisotopic (exact) mass is 254 g/mol. The Balaban J connectivity index is 1.73. The van der Waals surface area contributed by atoms with E-state index in [-0.39, 0.29) is 0 Å². The number of rotatable bonds is 4. The molecular formula is C15H18N4. The van der Waals surface area contributed by atoms with E-state index in [1.165, 1.54) is 24.2 Å². The molecule has 0 amide bonds. The first-order valence-electron chi connectivity index (χ1n) is 6.75. The second kappa shape index (κ2) is 5.69. The molecular weight excluding hydrogens is 236 g/mol. The van der Waals surface area contributed by atoms with Gasteiger partial charge in [-0.15, -0.1) is 0 Å². The highest BCUT2D eigenvalue weighted by molar-refractivity contribution is 5.70. The molecule has 1 aliphatic heterocycles. The topological polar surface area (TPSA) is 41.0 Å². The van der Waals surface area contributed by atoms with Crippen molar-refractivity contribution in [2.24, 2.45) is 0 Å². The van der Waals surface area contributed by atoms with Crippen molar-refractivity contribution in [3.8, 4) is 0 Å². The summed E-state index contributed by atoms with van der Waals surface area (Å²) in [5.74, 6) is 0. The maximum absolute atomic E-state index is 4.04. The van der Waals surface area contributed by atoms with Crippen molar-refractivity contribution in [1.29, 1.82) is 0 Å². The van der Waals surface area contributed by atoms with Gasteiger partial charge in [-0.25, -0.2) is 9.97 Å². The van der Waals surface area contributed by atoms with E-state index in [0.717, 1.165) is 25.2 Å². The Morgan fingerprint density at radius 2 is 1.79 bits per heavy atom. The maximum Gasteiger partial charge on any atom is 0.115 e. The van der Waals surface area contributed by atoms with E-state index >= 15 is 0 Å². The van der Waals surface area contributed by atoms with Crippen LogP contribution in [0.15, 0.2) is 43.0 Å². The summed E-state index contributed by atoms with van der Waals surface area (Å²) in [6.45, 7) is 3.08. The Hall–Kier alpha value is -2.10. The molecule has 19 heavy (non-hydrogen) atoms. The number of nitrogens with zero attached hydrogens (tertiary/aromatic N) is 3. The third-order valence-corrected chi connectivity index (χ3v) is 3.45. The van der Waals surface area contributed by atoms with Crippen LogP contribution in [0.5, 0.6) is 0 Å². The third-order valence-electron chi connectivity index (χ3n) is 3.45. The van der Waals surface area contributed by atoms with Crippen LogP contribution < -0.4 is 10.2 Å². The first-order chi connectivity index (χ1) is 9.43. The van der Waals surface area contributed by atoms with Crippen molar-refractivity contribution < 1.29 is 0 Å². The molecule has 1 N–H and O–H groups in total. The molecule has 2 heterocycles. The van der Waals surface area contributed by atoms with Gasteiger partial charge in [0.15, 0.2) is 0 Å². The smallest absolute Gasteiger partial charge is 0.115 e. The quantitative estimate of drug-likeness (QED) is 0.910. The standard InChI is InChI=1S/C15H18N4/c1-2-6-15(19-7-3-4-8-19)14(5-1)18-11-13-9-16-12-17-10-13/h1-2,5-6,9-10,12,18H,3-4,7-8,11H2. The lowest BCUT2D eigenvalue weighted by atomic mass is 10.2. The van der Waals surface area contributed by atoms with Crippen molar-refractivity contribution >= 4 is 11.4 Å². The van der Waals surface area contributed by atoms with Crippen LogP contribution in [0.2, 0.25) is 0 Å². The first-order valence-corrected chi connectivity index (χ1v) is 6.75. The van der Waals surface area contributed by atoms with Gasteiger partial charge in [-0.05, 0) is 25.0 Å². The summed E-state index contributed by atoms with van der Waals surface area (Å²) in [6.07, 6.45) is 7.83. The number of nitrogens with one attached hydrogen (secondary N) is 1. The van der Waals surface area contributed by atoms with Gasteiger partial charge < -0.3 is 10.2 Å². The lowest BCUT2D eigenvalue weighted by molar-refractivity contribution is 0.949. The number of aromatic nitrogens is 2. The molecule has 2 aromatic rings. The molecule has 0 bridgehead atoms. The summed E-state index contributed by atoms with van der Waals surface area (Å²) >= 11 is 0. The van der Waals surface area contributed by atoms with Crippen molar-refractivity contribution in [2.45, 2.75) is 19.4 Å². The van der Waals surface area contributed by atoms with Crippen molar-refractivity contribution in [3.63, 3.8) is 0 Å². The maximum atomic E-state index is 4.04. The zero-order valence-electron chi connectivity index (χ0n) is 10.9. The van der Waals surface area contributed by atoms with Gasteiger partial charge in [-0.1, -0.05) is 12.1 Å². The molecule has 1 aromatic carbocycles. The van der Waals surface area contributed by atoms with Crippen LogP contribution in [0.1, 0.15) is 18.4 Å². The van der Waals surface area contributed by atoms with Crippen LogP contribution in [0.25, 0.3) is 0 Å². The fraction of sp³-hybridized carbons (Fsp3) is 0.333. The number of anilines is 2. The third kappa shape index (κ3) is 2.84. The van der Waals surface area contributed by atoms with Gasteiger partial charge in [-0.3, -0.25) is 0 Å². The number of benzene rings is 1. The van der Waals surface area contributed by atoms with Crippen LogP contribution in [0.4, 0.5) is 11.4 Å². The molecule has 1 aliphatic rings. The number of hydrogen-bond acceptors (Lipinski definition) is 4. The Morgan fingerprint density at radius 3 is 2.58 bits per heavy atom. The van der Waals surface area contributed by atoms with E-state index in [2.05, 4.69) is 44.5 Å². The highest BCUT2D eigenvalue weighted by atomic mass is 15.2. The molecule has 4 heteroatoms. The van der Waals surface area contributed by atoms with Crippen LogP contribution in [0.3, 0.4) is 0 Å². The average Bonchev–Trinajstić information content (AvgIpc) is 3.01. The molecule has 0 radical (unpaired) electrons. The van der Waals surface area contributed by atoms with Gasteiger partial charge in [0.1, 0.15) is 6.33 Å². The fourth-order valence-electron chi connectivity index (χ4n) is 2.48. The van der Waals surface area contributed by atoms with Gasteiger partial charge in [0.25, 0.3) is 0 Å². The van der Waals surface area contributed by atoms with E-state index in [0.29, 0.717) is 0 Å². The van der Waals surface area contributed by atoms with Gasteiger partial charge in [0.2, 0.25) is 0 Å². The SMILES string of the molecule is c1ccc(N2CCCC2)c(NCc2cncnc2)c1. The Kier molecular flexibility index (Phi) is 3.58. The normalized spacial score (nSPS) is 14.6. The Morgan fingerprint density at radius 1 is 1.05 bits per heavy atom. The Bertz CT molecular complexity index is 521. The van der Waals surface area contributed by atoms with Crippen molar-refractivity contribution in [1.82, 2.24) is 9.97 Å². The highest BCUT2D eigenvalue weighted by Gasteiger charge is 2.14. The lowest BCUT2D eigenvalue weighted by Crippen LogP contribution is -2.19. The van der Waals surface area contributed by atoms with E-state index < -0.39 is 0 Å². The average molecular weight is 254 g/mol. The molecule has 0 unspecified atom stereocenters. The van der Waals surface area contributed by atoms with Crippen LogP contribution in [0, 0.1) is 0 Å². The highest BCUT2D eigenvalue weighted by Crippen LogP contribution is 2.28. The zero-order valence-corrected chi connectivity index (χ0v) is 10.9. The summed E-state index contributed by atoms with van der Waals surface area (Å²) in [5, 5.41) is 3.48. The predicted octanol–water partition coefficient (Wildman–Crippen LogP) is 2.69. The van der Waals surface area contributed by atoms with Crippen molar-refractivity contribution in [3.05, 3.63) is 48.5 Å². The van der Waals surface area contributed by atoms with Crippen molar-refractivity contribution in [2.75, 3.05) is 23.3 Å². The first kappa shape index (κ1) is 12.0. The minimum Gasteiger partial charge on any atom is -0.379 e. The second-order valence-electron chi connectivity index (χ2n) is 4.81. The van der Waals surface area contributed by atoms with E-state index in [9.17, 15) is 0 Å². The second-order valence-corrected chi connectivity index (χ2v) is 4.81. The molecule has 1 fully saturated rings. The zero-order chi connectivity index (χ0) is 12.9. The van der Waals surface area contributed by atoms with Gasteiger partial charge in [0, 0.05) is 37.6 Å². The van der Waals surface area contributed by atoms with E-state index in [4.69, 9.17) is 0 Å².